The second-order valence-corrected chi connectivity index (χ2v) is 6.35. The molecule has 0 saturated heterocycles. The third kappa shape index (κ3) is 1.41. The number of hydrogen-bond donors (Lipinski definition) is 1. The van der Waals surface area contributed by atoms with E-state index < -0.39 is 0 Å². The first-order chi connectivity index (χ1) is 8.24. The van der Waals surface area contributed by atoms with Crippen molar-refractivity contribution < 1.29 is 0 Å². The molecule has 0 aromatic carbocycles. The summed E-state index contributed by atoms with van der Waals surface area (Å²) in [5.74, 6) is 4.16. The summed E-state index contributed by atoms with van der Waals surface area (Å²) in [5.41, 5.74) is 1.32. The van der Waals surface area contributed by atoms with Crippen molar-refractivity contribution in [3.63, 3.8) is 0 Å². The predicted octanol–water partition coefficient (Wildman–Crippen LogP) is 2.12. The van der Waals surface area contributed by atoms with Crippen LogP contribution < -0.4 is 5.32 Å². The normalized spacial score (nSPS) is 43.8. The quantitative estimate of drug-likeness (QED) is 0.863. The summed E-state index contributed by atoms with van der Waals surface area (Å²) < 4.78 is 1.89. The molecular formula is C14H21N3. The highest BCUT2D eigenvalue weighted by Crippen LogP contribution is 2.65. The Morgan fingerprint density at radius 2 is 2.06 bits per heavy atom. The van der Waals surface area contributed by atoms with E-state index >= 15 is 0 Å². The summed E-state index contributed by atoms with van der Waals surface area (Å²) in [4.78, 5) is 0. The van der Waals surface area contributed by atoms with E-state index in [-0.39, 0.29) is 0 Å². The van der Waals surface area contributed by atoms with Gasteiger partial charge >= 0.3 is 0 Å². The summed E-state index contributed by atoms with van der Waals surface area (Å²) >= 11 is 0. The van der Waals surface area contributed by atoms with Crippen LogP contribution in [0.2, 0.25) is 0 Å². The summed E-state index contributed by atoms with van der Waals surface area (Å²) in [5, 5.41) is 8.09. The van der Waals surface area contributed by atoms with Gasteiger partial charge in [0.25, 0.3) is 0 Å². The van der Waals surface area contributed by atoms with Gasteiger partial charge in [-0.15, -0.1) is 0 Å². The molecule has 3 heteroatoms. The van der Waals surface area contributed by atoms with Gasteiger partial charge in [-0.3, -0.25) is 4.68 Å². The van der Waals surface area contributed by atoms with E-state index in [9.17, 15) is 0 Å². The second-order valence-electron chi connectivity index (χ2n) is 6.35. The molecule has 1 aromatic rings. The minimum Gasteiger partial charge on any atom is -0.307 e. The van der Waals surface area contributed by atoms with Gasteiger partial charge in [0, 0.05) is 30.9 Å². The zero-order valence-electron chi connectivity index (χ0n) is 10.6. The molecule has 3 fully saturated rings. The Balaban J connectivity index is 1.43. The predicted molar refractivity (Wildman–Crippen MR) is 66.4 cm³/mol. The van der Waals surface area contributed by atoms with E-state index in [2.05, 4.69) is 23.5 Å². The number of aryl methyl sites for hydroxylation is 1. The van der Waals surface area contributed by atoms with E-state index in [1.165, 1.54) is 24.8 Å². The second kappa shape index (κ2) is 3.35. The first kappa shape index (κ1) is 10.1. The van der Waals surface area contributed by atoms with Crippen LogP contribution in [0, 0.1) is 23.7 Å². The van der Waals surface area contributed by atoms with Gasteiger partial charge in [0.2, 0.25) is 0 Å². The van der Waals surface area contributed by atoms with E-state index in [1.807, 2.05) is 17.9 Å². The first-order valence-electron chi connectivity index (χ1n) is 6.98. The monoisotopic (exact) mass is 231 g/mol. The van der Waals surface area contributed by atoms with Crippen molar-refractivity contribution in [1.29, 1.82) is 0 Å². The molecule has 3 aliphatic carbocycles. The molecule has 1 aromatic heterocycles. The highest BCUT2D eigenvalue weighted by Gasteiger charge is 2.64. The van der Waals surface area contributed by atoms with Crippen molar-refractivity contribution >= 4 is 0 Å². The number of nitrogens with one attached hydrogen (secondary N) is 1. The molecule has 1 N–H and O–H groups in total. The van der Waals surface area contributed by atoms with Gasteiger partial charge in [0.1, 0.15) is 0 Å². The Labute approximate surface area is 103 Å². The van der Waals surface area contributed by atoms with Crippen LogP contribution in [0.1, 0.15) is 37.8 Å². The molecule has 3 aliphatic rings. The smallest absolute Gasteiger partial charge is 0.0537 e. The molecule has 3 nitrogen and oxygen atoms in total. The van der Waals surface area contributed by atoms with E-state index in [0.717, 1.165) is 29.7 Å². The summed E-state index contributed by atoms with van der Waals surface area (Å²) in [6.45, 7) is 2.27. The molecule has 3 saturated carbocycles. The van der Waals surface area contributed by atoms with Crippen molar-refractivity contribution in [1.82, 2.24) is 15.1 Å². The molecule has 0 amide bonds. The fraction of sp³-hybridized carbons (Fsp3) is 0.786. The highest BCUT2D eigenvalue weighted by atomic mass is 15.2. The molecule has 92 valence electrons. The Morgan fingerprint density at radius 1 is 1.35 bits per heavy atom. The topological polar surface area (TPSA) is 29.9 Å². The van der Waals surface area contributed by atoms with Gasteiger partial charge in [0.15, 0.2) is 0 Å². The van der Waals surface area contributed by atoms with Gasteiger partial charge < -0.3 is 5.32 Å². The fourth-order valence-corrected chi connectivity index (χ4v) is 4.60. The summed E-state index contributed by atoms with van der Waals surface area (Å²) in [6.07, 6.45) is 8.67. The minimum atomic E-state index is 0.457. The average molecular weight is 231 g/mol. The van der Waals surface area contributed by atoms with Crippen LogP contribution in [0.3, 0.4) is 0 Å². The standard InChI is InChI=1S/C14H21N3/c1-8(11-6-15-17(2)7-11)16-14-12-9-3-4-10(5-9)13(12)14/h6-10,12-14,16H,3-5H2,1-2H3. The number of aromatic nitrogens is 2. The molecule has 0 radical (unpaired) electrons. The summed E-state index contributed by atoms with van der Waals surface area (Å²) in [6, 6.07) is 1.27. The van der Waals surface area contributed by atoms with E-state index in [0.29, 0.717) is 6.04 Å². The minimum absolute atomic E-state index is 0.457. The Hall–Kier alpha value is -0.830. The molecule has 5 unspecified atom stereocenters. The van der Waals surface area contributed by atoms with Gasteiger partial charge in [0.05, 0.1) is 6.20 Å². The molecule has 0 aliphatic heterocycles. The molecule has 17 heavy (non-hydrogen) atoms. The molecule has 1 heterocycles. The molecule has 4 rings (SSSR count). The van der Waals surface area contributed by atoms with Gasteiger partial charge in [-0.05, 0) is 49.9 Å². The number of fused-ring (bicyclic) bond motifs is 5. The zero-order valence-corrected chi connectivity index (χ0v) is 10.6. The first-order valence-corrected chi connectivity index (χ1v) is 6.98. The van der Waals surface area contributed by atoms with Gasteiger partial charge in [-0.2, -0.15) is 5.10 Å². The Bertz CT molecular complexity index is 422. The molecular weight excluding hydrogens is 210 g/mol. The van der Waals surface area contributed by atoms with Crippen LogP contribution in [0.15, 0.2) is 12.4 Å². The van der Waals surface area contributed by atoms with Gasteiger partial charge in [-0.1, -0.05) is 0 Å². The lowest BCUT2D eigenvalue weighted by Gasteiger charge is -2.15. The maximum Gasteiger partial charge on any atom is 0.0537 e. The maximum absolute atomic E-state index is 4.26. The van der Waals surface area contributed by atoms with Crippen molar-refractivity contribution in [3.8, 4) is 0 Å². The molecule has 2 bridgehead atoms. The third-order valence-electron chi connectivity index (χ3n) is 5.40. The number of nitrogens with zero attached hydrogens (tertiary/aromatic N) is 2. The van der Waals surface area contributed by atoms with Crippen LogP contribution >= 0.6 is 0 Å². The van der Waals surface area contributed by atoms with E-state index in [1.54, 1.807) is 0 Å². The number of hydrogen-bond acceptors (Lipinski definition) is 2. The van der Waals surface area contributed by atoms with Crippen LogP contribution in [-0.2, 0) is 7.05 Å². The highest BCUT2D eigenvalue weighted by molar-refractivity contribution is 5.19. The molecule has 5 atom stereocenters. The third-order valence-corrected chi connectivity index (χ3v) is 5.40. The van der Waals surface area contributed by atoms with Crippen molar-refractivity contribution in [2.24, 2.45) is 30.7 Å². The summed E-state index contributed by atoms with van der Waals surface area (Å²) in [7, 11) is 1.99. The van der Waals surface area contributed by atoms with Crippen LogP contribution in [-0.4, -0.2) is 15.8 Å². The maximum atomic E-state index is 4.26. The Kier molecular flexibility index (Phi) is 1.99. The SMILES string of the molecule is CC(NC1C2C3CCC(C3)C12)c1cnn(C)c1. The zero-order chi connectivity index (χ0) is 11.6. The number of rotatable bonds is 3. The van der Waals surface area contributed by atoms with Crippen molar-refractivity contribution in [2.75, 3.05) is 0 Å². The van der Waals surface area contributed by atoms with Crippen LogP contribution in [0.4, 0.5) is 0 Å². The van der Waals surface area contributed by atoms with Crippen molar-refractivity contribution in [2.45, 2.75) is 38.3 Å². The lowest BCUT2D eigenvalue weighted by atomic mass is 10.0. The lowest BCUT2D eigenvalue weighted by molar-refractivity contribution is 0.433. The van der Waals surface area contributed by atoms with Crippen molar-refractivity contribution in [3.05, 3.63) is 18.0 Å². The van der Waals surface area contributed by atoms with Gasteiger partial charge in [-0.25, -0.2) is 0 Å². The van der Waals surface area contributed by atoms with E-state index in [4.69, 9.17) is 0 Å². The van der Waals surface area contributed by atoms with Crippen LogP contribution in [0.25, 0.3) is 0 Å². The Morgan fingerprint density at radius 3 is 2.65 bits per heavy atom. The molecule has 0 spiro atoms. The largest absolute Gasteiger partial charge is 0.307 e. The fourth-order valence-electron chi connectivity index (χ4n) is 4.60. The lowest BCUT2D eigenvalue weighted by Crippen LogP contribution is -2.25. The van der Waals surface area contributed by atoms with Crippen LogP contribution in [0.5, 0.6) is 0 Å². The average Bonchev–Trinajstić information content (AvgIpc) is 2.77.